The number of halogens is 1. The molecule has 1 saturated carbocycles. The maximum Gasteiger partial charge on any atom is 0.350 e. The van der Waals surface area contributed by atoms with Crippen LogP contribution in [0.15, 0.2) is 22.7 Å². The molecule has 0 amide bonds. The standard InChI is InChI=1S/C14H17BrO3/c1-10-5-6-11(15)12(9-10)18-14(13(16)17-2)7-3-4-8-14/h5-6,9H,3-4,7-8H2,1-2H3. The molecule has 0 aromatic heterocycles. The lowest BCUT2D eigenvalue weighted by Crippen LogP contribution is -2.42. The van der Waals surface area contributed by atoms with Crippen molar-refractivity contribution < 1.29 is 14.3 Å². The zero-order valence-electron chi connectivity index (χ0n) is 10.7. The van der Waals surface area contributed by atoms with Crippen molar-refractivity contribution in [3.63, 3.8) is 0 Å². The van der Waals surface area contributed by atoms with E-state index in [1.54, 1.807) is 0 Å². The molecule has 0 radical (unpaired) electrons. The highest BCUT2D eigenvalue weighted by Crippen LogP contribution is 2.38. The molecule has 1 aromatic carbocycles. The first kappa shape index (κ1) is 13.4. The Kier molecular flexibility index (Phi) is 3.95. The summed E-state index contributed by atoms with van der Waals surface area (Å²) in [6.45, 7) is 2.00. The third-order valence-electron chi connectivity index (χ3n) is 3.36. The summed E-state index contributed by atoms with van der Waals surface area (Å²) in [6, 6.07) is 5.87. The van der Waals surface area contributed by atoms with Crippen molar-refractivity contribution in [1.29, 1.82) is 0 Å². The van der Waals surface area contributed by atoms with Crippen LogP contribution in [0.3, 0.4) is 0 Å². The second-order valence-electron chi connectivity index (χ2n) is 4.73. The molecule has 1 fully saturated rings. The number of hydrogen-bond donors (Lipinski definition) is 0. The molecule has 3 nitrogen and oxygen atoms in total. The first-order valence-corrected chi connectivity index (χ1v) is 6.90. The van der Waals surface area contributed by atoms with E-state index >= 15 is 0 Å². The molecule has 0 unspecified atom stereocenters. The number of carbonyl (C=O) groups excluding carboxylic acids is 1. The molecular formula is C14H17BrO3. The molecule has 0 aliphatic heterocycles. The number of esters is 1. The number of carbonyl (C=O) groups is 1. The smallest absolute Gasteiger partial charge is 0.350 e. The molecule has 1 aliphatic rings. The summed E-state index contributed by atoms with van der Waals surface area (Å²) in [6.07, 6.45) is 3.44. The number of rotatable bonds is 3. The summed E-state index contributed by atoms with van der Waals surface area (Å²) in [5.74, 6) is 0.440. The van der Waals surface area contributed by atoms with Crippen molar-refractivity contribution in [2.24, 2.45) is 0 Å². The average molecular weight is 313 g/mol. The zero-order chi connectivity index (χ0) is 13.2. The molecule has 1 aliphatic carbocycles. The molecule has 0 heterocycles. The van der Waals surface area contributed by atoms with E-state index < -0.39 is 5.60 Å². The minimum absolute atomic E-state index is 0.270. The fourth-order valence-electron chi connectivity index (χ4n) is 2.38. The Morgan fingerprint density at radius 2 is 2.00 bits per heavy atom. The summed E-state index contributed by atoms with van der Waals surface area (Å²) < 4.78 is 11.8. The summed E-state index contributed by atoms with van der Waals surface area (Å²) in [4.78, 5) is 12.0. The normalized spacial score (nSPS) is 17.5. The van der Waals surface area contributed by atoms with E-state index in [-0.39, 0.29) is 5.97 Å². The molecule has 2 rings (SSSR count). The van der Waals surface area contributed by atoms with E-state index in [2.05, 4.69) is 15.9 Å². The van der Waals surface area contributed by atoms with Crippen molar-refractivity contribution in [3.05, 3.63) is 28.2 Å². The largest absolute Gasteiger partial charge is 0.474 e. The number of ether oxygens (including phenoxy) is 2. The van der Waals surface area contributed by atoms with Gasteiger partial charge in [0.15, 0.2) is 0 Å². The number of benzene rings is 1. The van der Waals surface area contributed by atoms with Gasteiger partial charge in [0.2, 0.25) is 5.60 Å². The molecule has 4 heteroatoms. The zero-order valence-corrected chi connectivity index (χ0v) is 12.2. The van der Waals surface area contributed by atoms with Crippen LogP contribution in [0.25, 0.3) is 0 Å². The SMILES string of the molecule is COC(=O)C1(Oc2cc(C)ccc2Br)CCCC1. The van der Waals surface area contributed by atoms with Gasteiger partial charge in [0.05, 0.1) is 11.6 Å². The van der Waals surface area contributed by atoms with Crippen LogP contribution in [0.1, 0.15) is 31.2 Å². The van der Waals surface area contributed by atoms with Gasteiger partial charge in [-0.25, -0.2) is 4.79 Å². The van der Waals surface area contributed by atoms with Gasteiger partial charge < -0.3 is 9.47 Å². The maximum absolute atomic E-state index is 12.0. The fourth-order valence-corrected chi connectivity index (χ4v) is 2.71. The van der Waals surface area contributed by atoms with Crippen molar-refractivity contribution in [1.82, 2.24) is 0 Å². The van der Waals surface area contributed by atoms with E-state index in [1.807, 2.05) is 25.1 Å². The van der Waals surface area contributed by atoms with E-state index in [9.17, 15) is 4.79 Å². The molecule has 98 valence electrons. The molecule has 0 spiro atoms. The molecule has 0 saturated heterocycles. The van der Waals surface area contributed by atoms with Crippen LogP contribution in [-0.2, 0) is 9.53 Å². The first-order valence-electron chi connectivity index (χ1n) is 6.11. The summed E-state index contributed by atoms with van der Waals surface area (Å²) in [5, 5.41) is 0. The molecule has 0 atom stereocenters. The van der Waals surface area contributed by atoms with E-state index in [1.165, 1.54) is 7.11 Å². The highest BCUT2D eigenvalue weighted by atomic mass is 79.9. The van der Waals surface area contributed by atoms with E-state index in [0.717, 1.165) is 35.7 Å². The van der Waals surface area contributed by atoms with Gasteiger partial charge in [-0.15, -0.1) is 0 Å². The Labute approximate surface area is 116 Å². The highest BCUT2D eigenvalue weighted by molar-refractivity contribution is 9.10. The van der Waals surface area contributed by atoms with Gasteiger partial charge in [-0.1, -0.05) is 6.07 Å². The summed E-state index contributed by atoms with van der Waals surface area (Å²) in [7, 11) is 1.41. The lowest BCUT2D eigenvalue weighted by atomic mass is 10.0. The van der Waals surface area contributed by atoms with Crippen LogP contribution < -0.4 is 4.74 Å². The fraction of sp³-hybridized carbons (Fsp3) is 0.500. The molecular weight excluding hydrogens is 296 g/mol. The first-order chi connectivity index (χ1) is 8.57. The number of hydrogen-bond acceptors (Lipinski definition) is 3. The number of methoxy groups -OCH3 is 1. The topological polar surface area (TPSA) is 35.5 Å². The van der Waals surface area contributed by atoms with E-state index in [4.69, 9.17) is 9.47 Å². The molecule has 18 heavy (non-hydrogen) atoms. The van der Waals surface area contributed by atoms with Gasteiger partial charge in [-0.05, 0) is 66.2 Å². The van der Waals surface area contributed by atoms with Crippen LogP contribution in [0, 0.1) is 6.92 Å². The lowest BCUT2D eigenvalue weighted by Gasteiger charge is -2.27. The van der Waals surface area contributed by atoms with Crippen LogP contribution in [0.5, 0.6) is 5.75 Å². The van der Waals surface area contributed by atoms with Crippen LogP contribution >= 0.6 is 15.9 Å². The van der Waals surface area contributed by atoms with Crippen molar-refractivity contribution >= 4 is 21.9 Å². The average Bonchev–Trinajstić information content (AvgIpc) is 2.82. The van der Waals surface area contributed by atoms with Gasteiger partial charge in [0.25, 0.3) is 0 Å². The van der Waals surface area contributed by atoms with Crippen molar-refractivity contribution in [3.8, 4) is 5.75 Å². The maximum atomic E-state index is 12.0. The van der Waals surface area contributed by atoms with Crippen LogP contribution in [-0.4, -0.2) is 18.7 Å². The van der Waals surface area contributed by atoms with Crippen LogP contribution in [0.2, 0.25) is 0 Å². The summed E-state index contributed by atoms with van der Waals surface area (Å²) >= 11 is 3.46. The van der Waals surface area contributed by atoms with Gasteiger partial charge in [0.1, 0.15) is 5.75 Å². The third kappa shape index (κ3) is 2.53. The minimum atomic E-state index is -0.801. The Balaban J connectivity index is 2.29. The summed E-state index contributed by atoms with van der Waals surface area (Å²) in [5.41, 5.74) is 0.302. The third-order valence-corrected chi connectivity index (χ3v) is 4.02. The Morgan fingerprint density at radius 1 is 1.33 bits per heavy atom. The van der Waals surface area contributed by atoms with E-state index in [0.29, 0.717) is 5.75 Å². The van der Waals surface area contributed by atoms with Gasteiger partial charge in [-0.2, -0.15) is 0 Å². The van der Waals surface area contributed by atoms with Crippen LogP contribution in [0.4, 0.5) is 0 Å². The Bertz CT molecular complexity index is 450. The van der Waals surface area contributed by atoms with Crippen molar-refractivity contribution in [2.75, 3.05) is 7.11 Å². The van der Waals surface area contributed by atoms with Crippen molar-refractivity contribution in [2.45, 2.75) is 38.2 Å². The Hall–Kier alpha value is -1.03. The Morgan fingerprint density at radius 3 is 2.61 bits per heavy atom. The minimum Gasteiger partial charge on any atom is -0.474 e. The van der Waals surface area contributed by atoms with Gasteiger partial charge in [-0.3, -0.25) is 0 Å². The monoisotopic (exact) mass is 312 g/mol. The predicted molar refractivity (Wildman–Crippen MR) is 72.7 cm³/mol. The molecule has 1 aromatic rings. The van der Waals surface area contributed by atoms with Gasteiger partial charge >= 0.3 is 5.97 Å². The second kappa shape index (κ2) is 5.31. The molecule has 0 N–H and O–H groups in total. The predicted octanol–water partition coefficient (Wildman–Crippen LogP) is 3.62. The quantitative estimate of drug-likeness (QED) is 0.800. The second-order valence-corrected chi connectivity index (χ2v) is 5.58. The van der Waals surface area contributed by atoms with Gasteiger partial charge in [0, 0.05) is 0 Å². The number of aryl methyl sites for hydroxylation is 1. The molecule has 0 bridgehead atoms. The lowest BCUT2D eigenvalue weighted by molar-refractivity contribution is -0.158. The highest BCUT2D eigenvalue weighted by Gasteiger charge is 2.45.